The third-order valence-electron chi connectivity index (χ3n) is 6.91. The van der Waals surface area contributed by atoms with E-state index in [2.05, 4.69) is 110 Å². The lowest BCUT2D eigenvalue weighted by atomic mass is 9.34. The highest BCUT2D eigenvalue weighted by atomic mass is 15.0. The Bertz CT molecular complexity index is 934. The SMILES string of the molecule is CN(C)CC/C(=C(\B(c1ccccc1)c1ccccc1)c1ccccc1)C1CCCCC1. The molecule has 0 saturated heterocycles. The minimum Gasteiger partial charge on any atom is -0.309 e. The highest BCUT2D eigenvalue weighted by Gasteiger charge is 2.30. The van der Waals surface area contributed by atoms with Crippen LogP contribution in [0.3, 0.4) is 0 Å². The van der Waals surface area contributed by atoms with E-state index in [9.17, 15) is 0 Å². The van der Waals surface area contributed by atoms with Crippen LogP contribution < -0.4 is 10.9 Å². The summed E-state index contributed by atoms with van der Waals surface area (Å²) < 4.78 is 0. The average molecular weight is 421 g/mol. The van der Waals surface area contributed by atoms with Crippen molar-refractivity contribution in [3.63, 3.8) is 0 Å². The largest absolute Gasteiger partial charge is 0.309 e. The highest BCUT2D eigenvalue weighted by Crippen LogP contribution is 2.37. The minimum atomic E-state index is 0.249. The molecule has 4 rings (SSSR count). The van der Waals surface area contributed by atoms with Gasteiger partial charge in [0.25, 0.3) is 0 Å². The van der Waals surface area contributed by atoms with Gasteiger partial charge in [-0.2, -0.15) is 0 Å². The average Bonchev–Trinajstić information content (AvgIpc) is 2.85. The van der Waals surface area contributed by atoms with Crippen molar-refractivity contribution in [1.29, 1.82) is 0 Å². The Kier molecular flexibility index (Phi) is 8.01. The maximum Gasteiger partial charge on any atom is 0.241 e. The fourth-order valence-electron chi connectivity index (χ4n) is 5.33. The molecule has 0 radical (unpaired) electrons. The maximum atomic E-state index is 2.34. The fraction of sp³-hybridized carbons (Fsp3) is 0.333. The molecule has 32 heavy (non-hydrogen) atoms. The molecule has 0 bridgehead atoms. The Labute approximate surface area is 195 Å². The summed E-state index contributed by atoms with van der Waals surface area (Å²) in [6, 6.07) is 33.5. The number of nitrogens with zero attached hydrogens (tertiary/aromatic N) is 1. The molecule has 2 heteroatoms. The third-order valence-corrected chi connectivity index (χ3v) is 6.91. The van der Waals surface area contributed by atoms with Crippen LogP contribution >= 0.6 is 0 Å². The van der Waals surface area contributed by atoms with E-state index in [0.29, 0.717) is 5.92 Å². The molecule has 164 valence electrons. The summed E-state index contributed by atoms with van der Waals surface area (Å²) in [6.45, 7) is 1.34. The topological polar surface area (TPSA) is 3.24 Å². The summed E-state index contributed by atoms with van der Waals surface area (Å²) in [5.41, 5.74) is 7.37. The molecule has 1 aliphatic rings. The molecule has 0 spiro atoms. The van der Waals surface area contributed by atoms with Gasteiger partial charge < -0.3 is 4.90 Å². The van der Waals surface area contributed by atoms with Gasteiger partial charge >= 0.3 is 0 Å². The lowest BCUT2D eigenvalue weighted by Crippen LogP contribution is -2.44. The van der Waals surface area contributed by atoms with Crippen molar-refractivity contribution in [3.8, 4) is 0 Å². The zero-order valence-corrected chi connectivity index (χ0v) is 19.7. The standard InChI is InChI=1S/C30H36BN/c1-32(2)24-23-29(25-15-7-3-8-16-25)30(26-17-9-4-10-18-26)31(27-19-11-5-12-20-27)28-21-13-6-14-22-28/h4-6,9-14,17-22,25H,3,7-8,15-16,23-24H2,1-2H3/b30-29+. The first kappa shape index (κ1) is 22.6. The first-order chi connectivity index (χ1) is 15.7. The van der Waals surface area contributed by atoms with E-state index in [0.717, 1.165) is 13.0 Å². The van der Waals surface area contributed by atoms with Gasteiger partial charge in [-0.25, -0.2) is 0 Å². The molecule has 1 fully saturated rings. The molecule has 1 saturated carbocycles. The molecule has 0 unspecified atom stereocenters. The van der Waals surface area contributed by atoms with Gasteiger partial charge in [0.1, 0.15) is 0 Å². The number of hydrogen-bond donors (Lipinski definition) is 0. The van der Waals surface area contributed by atoms with Crippen LogP contribution in [0.1, 0.15) is 44.1 Å². The molecule has 1 nitrogen and oxygen atoms in total. The molecular weight excluding hydrogens is 385 g/mol. The Morgan fingerprint density at radius 3 is 1.72 bits per heavy atom. The van der Waals surface area contributed by atoms with E-state index in [1.54, 1.807) is 5.57 Å². The number of benzene rings is 3. The third kappa shape index (κ3) is 5.61. The van der Waals surface area contributed by atoms with Gasteiger partial charge in [-0.3, -0.25) is 0 Å². The molecule has 0 aromatic heterocycles. The zero-order valence-electron chi connectivity index (χ0n) is 19.7. The monoisotopic (exact) mass is 421 g/mol. The van der Waals surface area contributed by atoms with Gasteiger partial charge in [-0.15, -0.1) is 0 Å². The Morgan fingerprint density at radius 2 is 1.22 bits per heavy atom. The predicted octanol–water partition coefficient (Wildman–Crippen LogP) is 5.82. The van der Waals surface area contributed by atoms with Crippen molar-refractivity contribution >= 4 is 23.1 Å². The summed E-state index contributed by atoms with van der Waals surface area (Å²) >= 11 is 0. The predicted molar refractivity (Wildman–Crippen MR) is 141 cm³/mol. The Morgan fingerprint density at radius 1 is 0.719 bits per heavy atom. The minimum absolute atomic E-state index is 0.249. The van der Waals surface area contributed by atoms with Crippen LogP contribution in [0.15, 0.2) is 96.6 Å². The molecular formula is C30H36BN. The van der Waals surface area contributed by atoms with Crippen molar-refractivity contribution in [1.82, 2.24) is 4.90 Å². The Balaban J connectivity index is 1.95. The van der Waals surface area contributed by atoms with Crippen molar-refractivity contribution < 1.29 is 0 Å². The van der Waals surface area contributed by atoms with Gasteiger partial charge in [-0.1, -0.05) is 132 Å². The molecule has 0 amide bonds. The zero-order chi connectivity index (χ0) is 22.2. The van der Waals surface area contributed by atoms with Crippen LogP contribution in [0.2, 0.25) is 0 Å². The molecule has 0 atom stereocenters. The first-order valence-corrected chi connectivity index (χ1v) is 12.3. The van der Waals surface area contributed by atoms with Gasteiger partial charge in [0.2, 0.25) is 6.71 Å². The van der Waals surface area contributed by atoms with Crippen molar-refractivity contribution in [2.75, 3.05) is 20.6 Å². The second kappa shape index (κ2) is 11.3. The number of rotatable bonds is 8. The molecule has 0 N–H and O–H groups in total. The normalized spacial score (nSPS) is 15.5. The van der Waals surface area contributed by atoms with Crippen LogP contribution in [0.25, 0.3) is 5.47 Å². The van der Waals surface area contributed by atoms with Gasteiger partial charge in [0.15, 0.2) is 0 Å². The van der Waals surface area contributed by atoms with Gasteiger partial charge in [0, 0.05) is 6.54 Å². The lowest BCUT2D eigenvalue weighted by Gasteiger charge is -2.31. The highest BCUT2D eigenvalue weighted by molar-refractivity contribution is 6.99. The number of hydrogen-bond acceptors (Lipinski definition) is 1. The molecule has 0 aliphatic heterocycles. The van der Waals surface area contributed by atoms with E-state index < -0.39 is 0 Å². The van der Waals surface area contributed by atoms with E-state index in [1.165, 1.54) is 54.1 Å². The van der Waals surface area contributed by atoms with Crippen LogP contribution in [0, 0.1) is 5.92 Å². The van der Waals surface area contributed by atoms with Crippen LogP contribution in [0.4, 0.5) is 0 Å². The summed E-state index contributed by atoms with van der Waals surface area (Å²) in [6.07, 6.45) is 7.90. The Hall–Kier alpha value is -2.58. The smallest absolute Gasteiger partial charge is 0.241 e. The van der Waals surface area contributed by atoms with Crippen LogP contribution in [-0.2, 0) is 0 Å². The van der Waals surface area contributed by atoms with E-state index in [-0.39, 0.29) is 6.71 Å². The van der Waals surface area contributed by atoms with E-state index in [1.807, 2.05) is 0 Å². The fourth-order valence-corrected chi connectivity index (χ4v) is 5.33. The summed E-state index contributed by atoms with van der Waals surface area (Å²) in [7, 11) is 4.40. The first-order valence-electron chi connectivity index (χ1n) is 12.3. The summed E-state index contributed by atoms with van der Waals surface area (Å²) in [5, 5.41) is 0. The summed E-state index contributed by atoms with van der Waals surface area (Å²) in [4.78, 5) is 2.34. The van der Waals surface area contributed by atoms with Crippen molar-refractivity contribution in [3.05, 3.63) is 102 Å². The second-order valence-corrected chi connectivity index (χ2v) is 9.45. The maximum absolute atomic E-state index is 2.34. The van der Waals surface area contributed by atoms with Crippen molar-refractivity contribution in [2.45, 2.75) is 38.5 Å². The van der Waals surface area contributed by atoms with Gasteiger partial charge in [0.05, 0.1) is 0 Å². The lowest BCUT2D eigenvalue weighted by molar-refractivity contribution is 0.368. The van der Waals surface area contributed by atoms with E-state index in [4.69, 9.17) is 0 Å². The molecule has 3 aromatic carbocycles. The molecule has 3 aromatic rings. The molecule has 0 heterocycles. The summed E-state index contributed by atoms with van der Waals surface area (Å²) in [5.74, 6) is 0.689. The van der Waals surface area contributed by atoms with Gasteiger partial charge in [-0.05, 0) is 44.8 Å². The quantitative estimate of drug-likeness (QED) is 0.414. The van der Waals surface area contributed by atoms with Crippen molar-refractivity contribution in [2.24, 2.45) is 5.92 Å². The van der Waals surface area contributed by atoms with Crippen LogP contribution in [-0.4, -0.2) is 32.3 Å². The molecule has 1 aliphatic carbocycles. The second-order valence-electron chi connectivity index (χ2n) is 9.45. The van der Waals surface area contributed by atoms with E-state index >= 15 is 0 Å². The van der Waals surface area contributed by atoms with Crippen LogP contribution in [0.5, 0.6) is 0 Å².